The van der Waals surface area contributed by atoms with Gasteiger partial charge in [0.25, 0.3) is 0 Å². The molecule has 0 unspecified atom stereocenters. The second kappa shape index (κ2) is 4.80. The van der Waals surface area contributed by atoms with Crippen LogP contribution >= 0.6 is 11.6 Å². The van der Waals surface area contributed by atoms with Crippen molar-refractivity contribution < 1.29 is 9.18 Å². The van der Waals surface area contributed by atoms with E-state index in [-0.39, 0.29) is 5.82 Å². The molecular weight excluding hydrogens is 231 g/mol. The SMILES string of the molecule is CC(C)(NCc1ccc(F)cc1Cl)C(N)=O. The summed E-state index contributed by atoms with van der Waals surface area (Å²) < 4.78 is 12.8. The molecule has 16 heavy (non-hydrogen) atoms. The van der Waals surface area contributed by atoms with Gasteiger partial charge in [-0.05, 0) is 31.5 Å². The molecule has 0 radical (unpaired) electrons. The molecule has 1 rings (SSSR count). The number of nitrogens with one attached hydrogen (secondary N) is 1. The largest absolute Gasteiger partial charge is 0.368 e. The maximum atomic E-state index is 12.8. The first-order valence-corrected chi connectivity index (χ1v) is 5.19. The first-order valence-electron chi connectivity index (χ1n) is 4.82. The van der Waals surface area contributed by atoms with Crippen LogP contribution in [0.1, 0.15) is 19.4 Å². The first-order chi connectivity index (χ1) is 7.33. The summed E-state index contributed by atoms with van der Waals surface area (Å²) in [6, 6.07) is 4.12. The van der Waals surface area contributed by atoms with E-state index in [1.807, 2.05) is 0 Å². The first kappa shape index (κ1) is 12.9. The van der Waals surface area contributed by atoms with Crippen LogP contribution in [-0.2, 0) is 11.3 Å². The van der Waals surface area contributed by atoms with Gasteiger partial charge in [0, 0.05) is 11.6 Å². The van der Waals surface area contributed by atoms with E-state index in [4.69, 9.17) is 17.3 Å². The van der Waals surface area contributed by atoms with Crippen molar-refractivity contribution in [3.8, 4) is 0 Å². The predicted octanol–water partition coefficient (Wildman–Crippen LogP) is 1.83. The number of carbonyl (C=O) groups is 1. The van der Waals surface area contributed by atoms with Gasteiger partial charge in [-0.2, -0.15) is 0 Å². The van der Waals surface area contributed by atoms with Crippen molar-refractivity contribution in [2.24, 2.45) is 5.73 Å². The van der Waals surface area contributed by atoms with Gasteiger partial charge in [-0.1, -0.05) is 17.7 Å². The summed E-state index contributed by atoms with van der Waals surface area (Å²) in [6.45, 7) is 3.70. The molecule has 1 aromatic rings. The Morgan fingerprint density at radius 2 is 2.19 bits per heavy atom. The summed E-state index contributed by atoms with van der Waals surface area (Å²) in [5.74, 6) is -0.839. The minimum Gasteiger partial charge on any atom is -0.368 e. The average molecular weight is 245 g/mol. The number of carbonyl (C=O) groups excluding carboxylic acids is 1. The Balaban J connectivity index is 2.72. The molecule has 3 N–H and O–H groups in total. The summed E-state index contributed by atoms with van der Waals surface area (Å²) in [6.07, 6.45) is 0. The van der Waals surface area contributed by atoms with E-state index in [1.54, 1.807) is 19.9 Å². The highest BCUT2D eigenvalue weighted by molar-refractivity contribution is 6.31. The van der Waals surface area contributed by atoms with E-state index in [0.717, 1.165) is 5.56 Å². The van der Waals surface area contributed by atoms with Crippen LogP contribution in [0.4, 0.5) is 4.39 Å². The molecule has 5 heteroatoms. The maximum Gasteiger partial charge on any atom is 0.237 e. The zero-order valence-corrected chi connectivity index (χ0v) is 9.94. The molecule has 0 aromatic heterocycles. The number of rotatable bonds is 4. The van der Waals surface area contributed by atoms with Gasteiger partial charge in [-0.15, -0.1) is 0 Å². The summed E-state index contributed by atoms with van der Waals surface area (Å²) >= 11 is 5.84. The molecule has 1 aromatic carbocycles. The summed E-state index contributed by atoms with van der Waals surface area (Å²) in [5, 5.41) is 3.28. The number of amides is 1. The van der Waals surface area contributed by atoms with E-state index in [1.165, 1.54) is 12.1 Å². The molecule has 88 valence electrons. The van der Waals surface area contributed by atoms with Gasteiger partial charge in [0.2, 0.25) is 5.91 Å². The Kier molecular flexibility index (Phi) is 3.88. The van der Waals surface area contributed by atoms with Gasteiger partial charge in [0.05, 0.1) is 5.54 Å². The Labute approximate surface area is 98.8 Å². The number of hydrogen-bond acceptors (Lipinski definition) is 2. The third kappa shape index (κ3) is 3.18. The fourth-order valence-corrected chi connectivity index (χ4v) is 1.30. The molecule has 0 saturated heterocycles. The number of benzene rings is 1. The fraction of sp³-hybridized carbons (Fsp3) is 0.364. The minimum absolute atomic E-state index is 0.327. The molecule has 0 aliphatic rings. The number of hydrogen-bond donors (Lipinski definition) is 2. The Morgan fingerprint density at radius 1 is 1.56 bits per heavy atom. The highest BCUT2D eigenvalue weighted by Crippen LogP contribution is 2.17. The Morgan fingerprint density at radius 3 is 2.69 bits per heavy atom. The van der Waals surface area contributed by atoms with Crippen LogP contribution in [0.2, 0.25) is 5.02 Å². The normalized spacial score (nSPS) is 11.5. The molecule has 0 aliphatic heterocycles. The second-order valence-electron chi connectivity index (χ2n) is 4.08. The quantitative estimate of drug-likeness (QED) is 0.849. The lowest BCUT2D eigenvalue weighted by molar-refractivity contribution is -0.123. The molecule has 1 amide bonds. The molecule has 0 fully saturated rings. The topological polar surface area (TPSA) is 55.1 Å². The van der Waals surface area contributed by atoms with Crippen LogP contribution < -0.4 is 11.1 Å². The van der Waals surface area contributed by atoms with Crippen molar-refractivity contribution in [3.63, 3.8) is 0 Å². The van der Waals surface area contributed by atoms with Crippen molar-refractivity contribution in [3.05, 3.63) is 34.6 Å². The fourth-order valence-electron chi connectivity index (χ4n) is 1.07. The van der Waals surface area contributed by atoms with Crippen molar-refractivity contribution in [2.45, 2.75) is 25.9 Å². The van der Waals surface area contributed by atoms with Crippen molar-refractivity contribution >= 4 is 17.5 Å². The minimum atomic E-state index is -0.822. The van der Waals surface area contributed by atoms with Crippen molar-refractivity contribution in [1.29, 1.82) is 0 Å². The van der Waals surface area contributed by atoms with Crippen LogP contribution in [-0.4, -0.2) is 11.4 Å². The lowest BCUT2D eigenvalue weighted by Gasteiger charge is -2.22. The van der Waals surface area contributed by atoms with E-state index in [2.05, 4.69) is 5.32 Å². The monoisotopic (exact) mass is 244 g/mol. The van der Waals surface area contributed by atoms with Crippen LogP contribution in [0.15, 0.2) is 18.2 Å². The van der Waals surface area contributed by atoms with Gasteiger partial charge in [-0.3, -0.25) is 10.1 Å². The van der Waals surface area contributed by atoms with E-state index in [0.29, 0.717) is 11.6 Å². The summed E-state index contributed by atoms with van der Waals surface area (Å²) in [4.78, 5) is 11.0. The third-order valence-corrected chi connectivity index (χ3v) is 2.70. The van der Waals surface area contributed by atoms with Crippen molar-refractivity contribution in [1.82, 2.24) is 5.32 Å². The molecule has 3 nitrogen and oxygen atoms in total. The molecule has 0 saturated carbocycles. The highest BCUT2D eigenvalue weighted by atomic mass is 35.5. The van der Waals surface area contributed by atoms with Crippen molar-refractivity contribution in [2.75, 3.05) is 0 Å². The zero-order valence-electron chi connectivity index (χ0n) is 9.18. The molecule has 0 atom stereocenters. The maximum absolute atomic E-state index is 12.8. The summed E-state index contributed by atoms with van der Waals surface area (Å²) in [7, 11) is 0. The molecule has 0 heterocycles. The molecule has 0 bridgehead atoms. The van der Waals surface area contributed by atoms with E-state index < -0.39 is 11.4 Å². The van der Waals surface area contributed by atoms with E-state index in [9.17, 15) is 9.18 Å². The summed E-state index contributed by atoms with van der Waals surface area (Å²) in [5.41, 5.74) is 5.10. The van der Waals surface area contributed by atoms with Crippen LogP contribution in [0.3, 0.4) is 0 Å². The van der Waals surface area contributed by atoms with Gasteiger partial charge in [0.15, 0.2) is 0 Å². The zero-order chi connectivity index (χ0) is 12.3. The Bertz CT molecular complexity index is 407. The van der Waals surface area contributed by atoms with Crippen LogP contribution in [0.5, 0.6) is 0 Å². The number of halogens is 2. The smallest absolute Gasteiger partial charge is 0.237 e. The highest BCUT2D eigenvalue weighted by Gasteiger charge is 2.23. The lowest BCUT2D eigenvalue weighted by Crippen LogP contribution is -2.50. The van der Waals surface area contributed by atoms with Crippen LogP contribution in [0.25, 0.3) is 0 Å². The van der Waals surface area contributed by atoms with E-state index >= 15 is 0 Å². The van der Waals surface area contributed by atoms with Crippen LogP contribution in [0, 0.1) is 5.82 Å². The molecule has 0 aliphatic carbocycles. The molecule has 0 spiro atoms. The second-order valence-corrected chi connectivity index (χ2v) is 4.49. The third-order valence-electron chi connectivity index (χ3n) is 2.35. The average Bonchev–Trinajstić information content (AvgIpc) is 2.16. The van der Waals surface area contributed by atoms with Gasteiger partial charge >= 0.3 is 0 Å². The number of nitrogens with two attached hydrogens (primary N) is 1. The van der Waals surface area contributed by atoms with Gasteiger partial charge in [0.1, 0.15) is 5.82 Å². The van der Waals surface area contributed by atoms with Gasteiger partial charge in [-0.25, -0.2) is 4.39 Å². The standard InChI is InChI=1S/C11H14ClFN2O/c1-11(2,10(14)16)15-6-7-3-4-8(13)5-9(7)12/h3-5,15H,6H2,1-2H3,(H2,14,16). The predicted molar refractivity (Wildman–Crippen MR) is 61.5 cm³/mol. The Hall–Kier alpha value is -1.13. The van der Waals surface area contributed by atoms with Gasteiger partial charge < -0.3 is 5.73 Å². The lowest BCUT2D eigenvalue weighted by atomic mass is 10.0. The number of primary amides is 1. The molecular formula is C11H14ClFN2O.